The Labute approximate surface area is 163 Å². The Morgan fingerprint density at radius 2 is 1.68 bits per heavy atom. The van der Waals surface area contributed by atoms with E-state index in [4.69, 9.17) is 9.47 Å². The maximum atomic E-state index is 13.0. The predicted molar refractivity (Wildman–Crippen MR) is 103 cm³/mol. The van der Waals surface area contributed by atoms with E-state index >= 15 is 0 Å². The van der Waals surface area contributed by atoms with Gasteiger partial charge in [-0.1, -0.05) is 12.1 Å². The Morgan fingerprint density at radius 3 is 2.21 bits per heavy atom. The van der Waals surface area contributed by atoms with Crippen molar-refractivity contribution < 1.29 is 23.9 Å². The number of carbonyl (C=O) groups excluding carboxylic acids is 3. The second-order valence-corrected chi connectivity index (χ2v) is 6.31. The molecule has 0 saturated carbocycles. The number of nitrogens with one attached hydrogen (secondary N) is 1. The van der Waals surface area contributed by atoms with Gasteiger partial charge in [-0.3, -0.25) is 19.3 Å². The van der Waals surface area contributed by atoms with E-state index in [0.717, 1.165) is 4.90 Å². The summed E-state index contributed by atoms with van der Waals surface area (Å²) >= 11 is 0. The van der Waals surface area contributed by atoms with Crippen molar-refractivity contribution in [2.24, 2.45) is 0 Å². The van der Waals surface area contributed by atoms with Gasteiger partial charge in [-0.15, -0.1) is 0 Å². The molecule has 1 atom stereocenters. The van der Waals surface area contributed by atoms with Crippen molar-refractivity contribution in [2.45, 2.75) is 19.4 Å². The first-order valence-corrected chi connectivity index (χ1v) is 8.97. The molecule has 1 N–H and O–H groups in total. The highest BCUT2D eigenvalue weighted by Gasteiger charge is 2.42. The van der Waals surface area contributed by atoms with E-state index in [9.17, 15) is 14.4 Å². The SMILES string of the molecule is CCNC(=O)CC(c1ccc(OC)cc1OC)N1C(=O)c2ccccc2C1=O. The van der Waals surface area contributed by atoms with Gasteiger partial charge in [0.25, 0.3) is 11.8 Å². The molecular formula is C21H22N2O5. The van der Waals surface area contributed by atoms with E-state index in [1.165, 1.54) is 14.2 Å². The van der Waals surface area contributed by atoms with Crippen LogP contribution in [-0.4, -0.2) is 43.4 Å². The van der Waals surface area contributed by atoms with E-state index in [1.807, 2.05) is 6.92 Å². The molecule has 0 aliphatic carbocycles. The summed E-state index contributed by atoms with van der Waals surface area (Å²) in [7, 11) is 3.02. The molecule has 7 nitrogen and oxygen atoms in total. The summed E-state index contributed by atoms with van der Waals surface area (Å²) in [6, 6.07) is 10.9. The Balaban J connectivity index is 2.08. The van der Waals surface area contributed by atoms with Gasteiger partial charge in [-0.25, -0.2) is 0 Å². The van der Waals surface area contributed by atoms with Crippen molar-refractivity contribution in [1.82, 2.24) is 10.2 Å². The smallest absolute Gasteiger partial charge is 0.262 e. The second kappa shape index (κ2) is 8.12. The quantitative estimate of drug-likeness (QED) is 0.744. The van der Waals surface area contributed by atoms with E-state index in [2.05, 4.69) is 5.32 Å². The highest BCUT2D eigenvalue weighted by molar-refractivity contribution is 6.21. The number of rotatable bonds is 7. The van der Waals surface area contributed by atoms with Crippen LogP contribution in [0.15, 0.2) is 42.5 Å². The second-order valence-electron chi connectivity index (χ2n) is 6.31. The Bertz CT molecular complexity index is 890. The topological polar surface area (TPSA) is 84.9 Å². The first-order chi connectivity index (χ1) is 13.5. The number of methoxy groups -OCH3 is 2. The fourth-order valence-corrected chi connectivity index (χ4v) is 3.37. The van der Waals surface area contributed by atoms with Crippen molar-refractivity contribution in [3.05, 3.63) is 59.2 Å². The maximum Gasteiger partial charge on any atom is 0.262 e. The van der Waals surface area contributed by atoms with Crippen LogP contribution >= 0.6 is 0 Å². The number of nitrogens with zero attached hydrogens (tertiary/aromatic N) is 1. The molecule has 2 aromatic carbocycles. The number of hydrogen-bond acceptors (Lipinski definition) is 5. The molecule has 1 heterocycles. The Kier molecular flexibility index (Phi) is 5.63. The molecule has 1 aliphatic heterocycles. The highest BCUT2D eigenvalue weighted by atomic mass is 16.5. The molecule has 1 aliphatic rings. The zero-order chi connectivity index (χ0) is 20.3. The van der Waals surface area contributed by atoms with Crippen LogP contribution < -0.4 is 14.8 Å². The molecule has 146 valence electrons. The van der Waals surface area contributed by atoms with Gasteiger partial charge in [0.2, 0.25) is 5.91 Å². The molecule has 1 unspecified atom stereocenters. The fourth-order valence-electron chi connectivity index (χ4n) is 3.37. The number of benzene rings is 2. The summed E-state index contributed by atoms with van der Waals surface area (Å²) in [6.45, 7) is 2.26. The average molecular weight is 382 g/mol. The number of carbonyl (C=O) groups is 3. The van der Waals surface area contributed by atoms with Crippen LogP contribution in [0.2, 0.25) is 0 Å². The molecule has 2 aromatic rings. The van der Waals surface area contributed by atoms with Gasteiger partial charge < -0.3 is 14.8 Å². The summed E-state index contributed by atoms with van der Waals surface area (Å²) in [4.78, 5) is 39.5. The van der Waals surface area contributed by atoms with Crippen LogP contribution in [0.1, 0.15) is 45.7 Å². The minimum absolute atomic E-state index is 0.0675. The Hall–Kier alpha value is -3.35. The van der Waals surface area contributed by atoms with Gasteiger partial charge in [-0.05, 0) is 31.2 Å². The molecule has 0 saturated heterocycles. The van der Waals surface area contributed by atoms with Crippen LogP contribution in [0, 0.1) is 0 Å². The third kappa shape index (κ3) is 3.43. The van der Waals surface area contributed by atoms with Gasteiger partial charge in [0, 0.05) is 18.2 Å². The van der Waals surface area contributed by atoms with Crippen molar-refractivity contribution in [3.63, 3.8) is 0 Å². The summed E-state index contributed by atoms with van der Waals surface area (Å²) < 4.78 is 10.7. The molecule has 0 fully saturated rings. The van der Waals surface area contributed by atoms with E-state index in [0.29, 0.717) is 34.7 Å². The van der Waals surface area contributed by atoms with Crippen LogP contribution in [0.4, 0.5) is 0 Å². The molecule has 0 radical (unpaired) electrons. The zero-order valence-electron chi connectivity index (χ0n) is 16.0. The lowest BCUT2D eigenvalue weighted by Gasteiger charge is -2.27. The molecular weight excluding hydrogens is 360 g/mol. The molecule has 3 amide bonds. The monoisotopic (exact) mass is 382 g/mol. The maximum absolute atomic E-state index is 13.0. The lowest BCUT2D eigenvalue weighted by Crippen LogP contribution is -2.37. The van der Waals surface area contributed by atoms with Crippen molar-refractivity contribution >= 4 is 17.7 Å². The van der Waals surface area contributed by atoms with Gasteiger partial charge in [0.15, 0.2) is 0 Å². The molecule has 0 bridgehead atoms. The number of ether oxygens (including phenoxy) is 2. The van der Waals surface area contributed by atoms with Gasteiger partial charge in [0.1, 0.15) is 11.5 Å². The predicted octanol–water partition coefficient (Wildman–Crippen LogP) is 2.57. The molecule has 7 heteroatoms. The number of fused-ring (bicyclic) bond motifs is 1. The standard InChI is InChI=1S/C21H22N2O5/c1-4-22-19(24)12-17(16-10-9-13(27-2)11-18(16)28-3)23-20(25)14-7-5-6-8-15(14)21(23)26/h5-11,17H,4,12H2,1-3H3,(H,22,24). The zero-order valence-corrected chi connectivity index (χ0v) is 16.0. The summed E-state index contributed by atoms with van der Waals surface area (Å²) in [5, 5.41) is 2.73. The first kappa shape index (κ1) is 19.4. The minimum atomic E-state index is -0.806. The Morgan fingerprint density at radius 1 is 1.04 bits per heavy atom. The highest BCUT2D eigenvalue weighted by Crippen LogP contribution is 2.38. The van der Waals surface area contributed by atoms with E-state index in [1.54, 1.807) is 42.5 Å². The average Bonchev–Trinajstić information content (AvgIpc) is 2.97. The molecule has 3 rings (SSSR count). The third-order valence-electron chi connectivity index (χ3n) is 4.69. The van der Waals surface area contributed by atoms with Crippen LogP contribution in [0.25, 0.3) is 0 Å². The van der Waals surface area contributed by atoms with Crippen LogP contribution in [0.5, 0.6) is 11.5 Å². The fraction of sp³-hybridized carbons (Fsp3) is 0.286. The molecule has 0 aromatic heterocycles. The van der Waals surface area contributed by atoms with Crippen molar-refractivity contribution in [1.29, 1.82) is 0 Å². The molecule has 28 heavy (non-hydrogen) atoms. The van der Waals surface area contributed by atoms with Gasteiger partial charge in [-0.2, -0.15) is 0 Å². The summed E-state index contributed by atoms with van der Waals surface area (Å²) in [5.41, 5.74) is 1.23. The van der Waals surface area contributed by atoms with E-state index in [-0.39, 0.29) is 12.3 Å². The van der Waals surface area contributed by atoms with Crippen LogP contribution in [-0.2, 0) is 4.79 Å². The number of hydrogen-bond donors (Lipinski definition) is 1. The lowest BCUT2D eigenvalue weighted by molar-refractivity contribution is -0.121. The summed E-state index contributed by atoms with van der Waals surface area (Å²) in [5.74, 6) is -0.104. The van der Waals surface area contributed by atoms with Gasteiger partial charge in [0.05, 0.1) is 37.8 Å². The number of amides is 3. The third-order valence-corrected chi connectivity index (χ3v) is 4.69. The summed E-state index contributed by atoms with van der Waals surface area (Å²) in [6.07, 6.45) is -0.0675. The minimum Gasteiger partial charge on any atom is -0.497 e. The van der Waals surface area contributed by atoms with Crippen LogP contribution in [0.3, 0.4) is 0 Å². The molecule has 0 spiro atoms. The lowest BCUT2D eigenvalue weighted by atomic mass is 10.00. The first-order valence-electron chi connectivity index (χ1n) is 8.97. The largest absolute Gasteiger partial charge is 0.497 e. The van der Waals surface area contributed by atoms with E-state index < -0.39 is 17.9 Å². The normalized spacial score (nSPS) is 13.9. The number of imide groups is 1. The van der Waals surface area contributed by atoms with Crippen molar-refractivity contribution in [2.75, 3.05) is 20.8 Å². The van der Waals surface area contributed by atoms with Crippen molar-refractivity contribution in [3.8, 4) is 11.5 Å². The van der Waals surface area contributed by atoms with Gasteiger partial charge >= 0.3 is 0 Å².